The molecule has 0 aromatic rings. The second kappa shape index (κ2) is 3.83. The number of aliphatic hydroxyl groups is 1. The number of rotatable bonds is 2. The first kappa shape index (κ1) is 14.1. The first-order chi connectivity index (χ1) is 11.5. The largest absolute Gasteiger partial charge is 0.389 e. The Hall–Kier alpha value is -1.12. The van der Waals surface area contributed by atoms with Crippen LogP contribution in [0.1, 0.15) is 51.4 Å². The number of nitrogens with two attached hydrogens (primary N) is 1. The third-order valence-corrected chi connectivity index (χ3v) is 9.35. The molecule has 5 saturated carbocycles. The Kier molecular flexibility index (Phi) is 2.25. The monoisotopic (exact) mass is 327 g/mol. The maximum absolute atomic E-state index is 13.3. The van der Waals surface area contributed by atoms with Gasteiger partial charge in [0.05, 0.1) is 17.7 Å². The molecule has 3 N–H and O–H groups in total. The average Bonchev–Trinajstić information content (AvgIpc) is 3.11. The van der Waals surface area contributed by atoms with E-state index in [-0.39, 0.29) is 28.8 Å². The molecule has 1 heterocycles. The minimum absolute atomic E-state index is 0.00313. The molecule has 5 heteroatoms. The number of fused-ring (bicyclic) bond motifs is 2. The van der Waals surface area contributed by atoms with Crippen LogP contribution in [0.15, 0.2) is 0 Å². The minimum Gasteiger partial charge on any atom is -0.389 e. The standard InChI is InChI=1S/C19H25N3O2/c20-8-13-4-11-1-2-14(11)22(13)16(23)15(21)17-5-10-3-12-7-18(24,9-17)19(12,17)6-10/h10-15,24H,1-7,9,21H2/t10?,11-,12+,13-,14-,15+,17?,18?,19?/m0/s1. The number of carbonyl (C=O) groups excluding carboxylic acids is 1. The number of nitrogens with zero attached hydrogens (tertiary/aromatic N) is 2. The van der Waals surface area contributed by atoms with Crippen molar-refractivity contribution < 1.29 is 9.90 Å². The van der Waals surface area contributed by atoms with E-state index in [4.69, 9.17) is 5.73 Å². The van der Waals surface area contributed by atoms with Crippen LogP contribution in [0.5, 0.6) is 0 Å². The summed E-state index contributed by atoms with van der Waals surface area (Å²) in [5, 5.41) is 20.5. The molecule has 6 fully saturated rings. The third kappa shape index (κ3) is 1.15. The molecule has 9 atom stereocenters. The minimum atomic E-state index is -0.542. The van der Waals surface area contributed by atoms with Crippen molar-refractivity contribution in [2.45, 2.75) is 75.1 Å². The lowest BCUT2D eigenvalue weighted by Gasteiger charge is -2.78. The van der Waals surface area contributed by atoms with Gasteiger partial charge in [-0.15, -0.1) is 0 Å². The Labute approximate surface area is 142 Å². The van der Waals surface area contributed by atoms with Gasteiger partial charge in [-0.05, 0) is 69.1 Å². The fourth-order valence-corrected chi connectivity index (χ4v) is 8.56. The summed E-state index contributed by atoms with van der Waals surface area (Å²) < 4.78 is 0. The predicted molar refractivity (Wildman–Crippen MR) is 85.2 cm³/mol. The van der Waals surface area contributed by atoms with Crippen LogP contribution < -0.4 is 5.73 Å². The molecule has 5 nitrogen and oxygen atoms in total. The molecule has 1 amide bonds. The van der Waals surface area contributed by atoms with Crippen molar-refractivity contribution in [1.82, 2.24) is 4.90 Å². The van der Waals surface area contributed by atoms with Crippen LogP contribution in [0, 0.1) is 39.9 Å². The van der Waals surface area contributed by atoms with Crippen LogP contribution in [0.3, 0.4) is 0 Å². The zero-order valence-electron chi connectivity index (χ0n) is 13.9. The summed E-state index contributed by atoms with van der Waals surface area (Å²) in [7, 11) is 0. The predicted octanol–water partition coefficient (Wildman–Crippen LogP) is 1.16. The van der Waals surface area contributed by atoms with E-state index in [2.05, 4.69) is 6.07 Å². The van der Waals surface area contributed by atoms with Crippen molar-refractivity contribution >= 4 is 5.91 Å². The van der Waals surface area contributed by atoms with E-state index in [1.54, 1.807) is 0 Å². The van der Waals surface area contributed by atoms with Gasteiger partial charge in [-0.2, -0.15) is 5.26 Å². The quantitative estimate of drug-likeness (QED) is 0.796. The van der Waals surface area contributed by atoms with E-state index in [1.165, 1.54) is 6.42 Å². The summed E-state index contributed by atoms with van der Waals surface area (Å²) in [4.78, 5) is 15.2. The van der Waals surface area contributed by atoms with Crippen molar-refractivity contribution in [2.24, 2.45) is 34.3 Å². The molecular weight excluding hydrogens is 302 g/mol. The van der Waals surface area contributed by atoms with Gasteiger partial charge in [0.15, 0.2) is 0 Å². The highest BCUT2D eigenvalue weighted by molar-refractivity contribution is 5.85. The van der Waals surface area contributed by atoms with Crippen molar-refractivity contribution in [2.75, 3.05) is 0 Å². The van der Waals surface area contributed by atoms with Gasteiger partial charge in [-0.1, -0.05) is 0 Å². The maximum Gasteiger partial charge on any atom is 0.241 e. The lowest BCUT2D eigenvalue weighted by molar-refractivity contribution is -0.354. The van der Waals surface area contributed by atoms with Crippen molar-refractivity contribution in [3.8, 4) is 6.07 Å². The van der Waals surface area contributed by atoms with Crippen molar-refractivity contribution in [3.05, 3.63) is 0 Å². The fourth-order valence-electron chi connectivity index (χ4n) is 8.56. The molecule has 24 heavy (non-hydrogen) atoms. The number of hydrogen-bond donors (Lipinski definition) is 2. The lowest BCUT2D eigenvalue weighted by Crippen LogP contribution is -2.83. The summed E-state index contributed by atoms with van der Waals surface area (Å²) in [5.41, 5.74) is 5.84. The Balaban J connectivity index is 1.34. The Bertz CT molecular complexity index is 703. The van der Waals surface area contributed by atoms with Crippen LogP contribution in [-0.4, -0.2) is 39.6 Å². The summed E-state index contributed by atoms with van der Waals surface area (Å²) in [5.74, 6) is 1.74. The number of carbonyl (C=O) groups is 1. The summed E-state index contributed by atoms with van der Waals surface area (Å²) in [6.07, 6.45) is 7.92. The molecule has 1 saturated heterocycles. The average molecular weight is 327 g/mol. The maximum atomic E-state index is 13.3. The van der Waals surface area contributed by atoms with Gasteiger partial charge in [0, 0.05) is 16.9 Å². The highest BCUT2D eigenvalue weighted by Gasteiger charge is 2.88. The Morgan fingerprint density at radius 2 is 2.12 bits per heavy atom. The second-order valence-electron chi connectivity index (χ2n) is 9.76. The molecule has 1 spiro atoms. The topological polar surface area (TPSA) is 90.4 Å². The molecule has 128 valence electrons. The van der Waals surface area contributed by atoms with Gasteiger partial charge >= 0.3 is 0 Å². The molecule has 1 aliphatic heterocycles. The number of likely N-dealkylation sites (tertiary alicyclic amines) is 1. The zero-order valence-corrected chi connectivity index (χ0v) is 13.9. The van der Waals surface area contributed by atoms with Gasteiger partial charge in [-0.3, -0.25) is 4.79 Å². The number of amides is 1. The van der Waals surface area contributed by atoms with E-state index >= 15 is 0 Å². The van der Waals surface area contributed by atoms with Gasteiger partial charge in [0.2, 0.25) is 5.91 Å². The van der Waals surface area contributed by atoms with E-state index in [0.717, 1.165) is 38.5 Å². The molecule has 2 bridgehead atoms. The molecule has 0 radical (unpaired) electrons. The van der Waals surface area contributed by atoms with Crippen molar-refractivity contribution in [3.63, 3.8) is 0 Å². The van der Waals surface area contributed by atoms with Crippen molar-refractivity contribution in [1.29, 1.82) is 5.26 Å². The summed E-state index contributed by atoms with van der Waals surface area (Å²) in [6.45, 7) is 0. The SMILES string of the molecule is N#C[C@@H]1C[C@@H]2CC[C@@H]2N1C(=O)[C@@H](N)C12CC3C[C@@H]4CC(O)(C1)C42C3. The van der Waals surface area contributed by atoms with Gasteiger partial charge in [0.1, 0.15) is 6.04 Å². The van der Waals surface area contributed by atoms with Gasteiger partial charge in [0.25, 0.3) is 0 Å². The highest BCUT2D eigenvalue weighted by atomic mass is 16.3. The lowest BCUT2D eigenvalue weighted by atomic mass is 9.28. The first-order valence-electron chi connectivity index (χ1n) is 9.65. The third-order valence-electron chi connectivity index (χ3n) is 9.35. The Morgan fingerprint density at radius 1 is 1.29 bits per heavy atom. The number of nitriles is 1. The molecule has 5 aliphatic carbocycles. The Morgan fingerprint density at radius 3 is 2.75 bits per heavy atom. The van der Waals surface area contributed by atoms with Crippen LogP contribution in [0.2, 0.25) is 0 Å². The molecule has 6 rings (SSSR count). The smallest absolute Gasteiger partial charge is 0.241 e. The summed E-state index contributed by atoms with van der Waals surface area (Å²) in [6, 6.07) is 1.77. The highest BCUT2D eigenvalue weighted by Crippen LogP contribution is 2.88. The van der Waals surface area contributed by atoms with Crippen LogP contribution in [-0.2, 0) is 4.79 Å². The van der Waals surface area contributed by atoms with E-state index in [1.807, 2.05) is 4.90 Å². The van der Waals surface area contributed by atoms with Crippen LogP contribution in [0.25, 0.3) is 0 Å². The first-order valence-corrected chi connectivity index (χ1v) is 9.65. The molecule has 0 aromatic heterocycles. The van der Waals surface area contributed by atoms with Crippen LogP contribution >= 0.6 is 0 Å². The molecular formula is C19H25N3O2. The second-order valence-corrected chi connectivity index (χ2v) is 9.76. The van der Waals surface area contributed by atoms with E-state index in [9.17, 15) is 15.2 Å². The normalized spacial score (nSPS) is 59.5. The van der Waals surface area contributed by atoms with E-state index in [0.29, 0.717) is 24.2 Å². The number of hydrogen-bond acceptors (Lipinski definition) is 4. The van der Waals surface area contributed by atoms with E-state index < -0.39 is 11.6 Å². The summed E-state index contributed by atoms with van der Waals surface area (Å²) >= 11 is 0. The zero-order chi connectivity index (χ0) is 16.5. The molecule has 6 aliphatic rings. The van der Waals surface area contributed by atoms with Gasteiger partial charge < -0.3 is 15.7 Å². The fraction of sp³-hybridized carbons (Fsp3) is 0.895. The van der Waals surface area contributed by atoms with Gasteiger partial charge in [-0.25, -0.2) is 0 Å². The molecule has 0 aromatic carbocycles. The van der Waals surface area contributed by atoms with Crippen LogP contribution in [0.4, 0.5) is 0 Å². The molecule has 4 unspecified atom stereocenters.